The van der Waals surface area contributed by atoms with Crippen LogP contribution in [-0.4, -0.2) is 20.2 Å². The summed E-state index contributed by atoms with van der Waals surface area (Å²) in [7, 11) is 1.68. The molecule has 5 nitrogen and oxygen atoms in total. The van der Waals surface area contributed by atoms with Gasteiger partial charge in [-0.3, -0.25) is 0 Å². The van der Waals surface area contributed by atoms with E-state index in [1.807, 2.05) is 0 Å². The van der Waals surface area contributed by atoms with Crippen LogP contribution < -0.4 is 5.73 Å². The number of rotatable bonds is 1. The van der Waals surface area contributed by atoms with Gasteiger partial charge in [-0.15, -0.1) is 5.10 Å². The molecule has 0 fully saturated rings. The van der Waals surface area contributed by atoms with Crippen molar-refractivity contribution in [2.75, 3.05) is 5.73 Å². The van der Waals surface area contributed by atoms with E-state index in [4.69, 9.17) is 5.73 Å². The highest BCUT2D eigenvalue weighted by Gasteiger charge is 2.10. The maximum Gasteiger partial charge on any atom is 0.181 e. The van der Waals surface area contributed by atoms with Crippen LogP contribution in [0.5, 0.6) is 0 Å². The van der Waals surface area contributed by atoms with E-state index in [0.29, 0.717) is 22.6 Å². The van der Waals surface area contributed by atoms with Crippen molar-refractivity contribution in [2.24, 2.45) is 7.05 Å². The number of nitrogens with two attached hydrogens (primary N) is 1. The Kier molecular flexibility index (Phi) is 2.11. The summed E-state index contributed by atoms with van der Waals surface area (Å²) in [5.41, 5.74) is 7.07. The second-order valence-electron chi connectivity index (χ2n) is 3.30. The summed E-state index contributed by atoms with van der Waals surface area (Å²) in [5.74, 6) is 0.133. The van der Waals surface area contributed by atoms with E-state index in [-0.39, 0.29) is 5.82 Å². The summed E-state index contributed by atoms with van der Waals surface area (Å²) in [4.78, 5) is 0. The lowest BCUT2D eigenvalue weighted by atomic mass is 10.1. The lowest BCUT2D eigenvalue weighted by Gasteiger charge is -2.05. The fraction of sp³-hybridized carbons (Fsp3) is 0.222. The van der Waals surface area contributed by atoms with Crippen molar-refractivity contribution in [3.8, 4) is 11.4 Å². The Bertz CT molecular complexity index is 482. The summed E-state index contributed by atoms with van der Waals surface area (Å²) in [6.45, 7) is 1.63. The number of aryl methyl sites for hydroxylation is 1. The number of hydrogen-bond donors (Lipinski definition) is 1. The predicted octanol–water partition coefficient (Wildman–Crippen LogP) is 0.907. The molecule has 1 heterocycles. The van der Waals surface area contributed by atoms with Crippen LogP contribution in [0, 0.1) is 12.7 Å². The van der Waals surface area contributed by atoms with E-state index in [9.17, 15) is 4.39 Å². The lowest BCUT2D eigenvalue weighted by Crippen LogP contribution is -1.98. The Hall–Kier alpha value is -1.98. The molecule has 0 unspecified atom stereocenters. The second kappa shape index (κ2) is 3.30. The van der Waals surface area contributed by atoms with Crippen molar-refractivity contribution in [2.45, 2.75) is 6.92 Å². The Morgan fingerprint density at radius 3 is 2.67 bits per heavy atom. The van der Waals surface area contributed by atoms with Crippen molar-refractivity contribution >= 4 is 5.69 Å². The highest BCUT2D eigenvalue weighted by atomic mass is 19.1. The number of tetrazole rings is 1. The molecule has 0 bridgehead atoms. The summed E-state index contributed by atoms with van der Waals surface area (Å²) < 4.78 is 14.9. The van der Waals surface area contributed by atoms with Gasteiger partial charge in [0.25, 0.3) is 0 Å². The number of nitrogens with zero attached hydrogens (tertiary/aromatic N) is 4. The molecule has 0 aliphatic carbocycles. The monoisotopic (exact) mass is 207 g/mol. The first kappa shape index (κ1) is 9.57. The second-order valence-corrected chi connectivity index (χ2v) is 3.30. The minimum absolute atomic E-state index is 0.354. The quantitative estimate of drug-likeness (QED) is 0.705. The summed E-state index contributed by atoms with van der Waals surface area (Å²) >= 11 is 0. The van der Waals surface area contributed by atoms with Gasteiger partial charge in [-0.05, 0) is 29.5 Å². The highest BCUT2D eigenvalue weighted by molar-refractivity contribution is 5.63. The molecule has 1 aromatic carbocycles. The summed E-state index contributed by atoms with van der Waals surface area (Å²) in [6, 6.07) is 3.03. The standard InChI is InChI=1S/C9H10FN5/c1-5-7(10)3-6(4-8(5)11)9-12-13-14-15(9)2/h3-4H,11H2,1-2H3. The van der Waals surface area contributed by atoms with Gasteiger partial charge in [0.2, 0.25) is 0 Å². The van der Waals surface area contributed by atoms with Crippen LogP contribution in [-0.2, 0) is 7.05 Å². The summed E-state index contributed by atoms with van der Waals surface area (Å²) in [6.07, 6.45) is 0. The topological polar surface area (TPSA) is 69.6 Å². The molecular weight excluding hydrogens is 197 g/mol. The Labute approximate surface area is 85.7 Å². The minimum atomic E-state index is -0.354. The zero-order chi connectivity index (χ0) is 11.0. The van der Waals surface area contributed by atoms with Gasteiger partial charge in [0.05, 0.1) is 0 Å². The molecule has 0 saturated heterocycles. The molecule has 0 radical (unpaired) electrons. The van der Waals surface area contributed by atoms with Gasteiger partial charge < -0.3 is 5.73 Å². The first-order valence-electron chi connectivity index (χ1n) is 4.38. The third-order valence-corrected chi connectivity index (χ3v) is 2.26. The number of nitrogen functional groups attached to an aromatic ring is 1. The molecule has 0 spiro atoms. The molecule has 78 valence electrons. The van der Waals surface area contributed by atoms with Crippen molar-refractivity contribution in [1.82, 2.24) is 20.2 Å². The Morgan fingerprint density at radius 1 is 1.40 bits per heavy atom. The van der Waals surface area contributed by atoms with E-state index >= 15 is 0 Å². The highest BCUT2D eigenvalue weighted by Crippen LogP contribution is 2.23. The molecule has 0 atom stereocenters. The maximum absolute atomic E-state index is 13.4. The zero-order valence-electron chi connectivity index (χ0n) is 8.40. The zero-order valence-corrected chi connectivity index (χ0v) is 8.40. The number of halogens is 1. The number of benzene rings is 1. The van der Waals surface area contributed by atoms with Gasteiger partial charge in [-0.2, -0.15) is 0 Å². The Balaban J connectivity index is 2.60. The number of hydrogen-bond acceptors (Lipinski definition) is 4. The number of aromatic nitrogens is 4. The first-order chi connectivity index (χ1) is 7.09. The first-order valence-corrected chi connectivity index (χ1v) is 4.38. The van der Waals surface area contributed by atoms with Crippen LogP contribution in [0.1, 0.15) is 5.56 Å². The SMILES string of the molecule is Cc1c(N)cc(-c2nnnn2C)cc1F. The average molecular weight is 207 g/mol. The Morgan fingerprint density at radius 2 is 2.13 bits per heavy atom. The number of anilines is 1. The van der Waals surface area contributed by atoms with Crippen LogP contribution in [0.2, 0.25) is 0 Å². The predicted molar refractivity (Wildman–Crippen MR) is 53.3 cm³/mol. The molecule has 2 aromatic rings. The van der Waals surface area contributed by atoms with Crippen molar-refractivity contribution in [3.05, 3.63) is 23.5 Å². The molecule has 0 saturated carbocycles. The van der Waals surface area contributed by atoms with E-state index in [1.54, 1.807) is 20.0 Å². The van der Waals surface area contributed by atoms with Crippen LogP contribution in [0.15, 0.2) is 12.1 Å². The van der Waals surface area contributed by atoms with Gasteiger partial charge in [-0.25, -0.2) is 9.07 Å². The smallest absolute Gasteiger partial charge is 0.181 e. The van der Waals surface area contributed by atoms with Crippen molar-refractivity contribution in [1.29, 1.82) is 0 Å². The normalized spacial score (nSPS) is 10.6. The summed E-state index contributed by atoms with van der Waals surface area (Å²) in [5, 5.41) is 10.9. The molecule has 0 amide bonds. The van der Waals surface area contributed by atoms with E-state index in [1.165, 1.54) is 10.7 Å². The fourth-order valence-corrected chi connectivity index (χ4v) is 1.30. The molecule has 0 aliphatic heterocycles. The maximum atomic E-state index is 13.4. The van der Waals surface area contributed by atoms with E-state index in [0.717, 1.165) is 0 Å². The van der Waals surface area contributed by atoms with Crippen molar-refractivity contribution < 1.29 is 4.39 Å². The van der Waals surface area contributed by atoms with E-state index in [2.05, 4.69) is 15.5 Å². The van der Waals surface area contributed by atoms with Crippen LogP contribution in [0.4, 0.5) is 10.1 Å². The van der Waals surface area contributed by atoms with Crippen molar-refractivity contribution in [3.63, 3.8) is 0 Å². The molecule has 2 N–H and O–H groups in total. The minimum Gasteiger partial charge on any atom is -0.398 e. The molecule has 0 aliphatic rings. The third-order valence-electron chi connectivity index (χ3n) is 2.26. The molecule has 1 aromatic heterocycles. The third kappa shape index (κ3) is 1.54. The van der Waals surface area contributed by atoms with Crippen LogP contribution in [0.25, 0.3) is 11.4 Å². The van der Waals surface area contributed by atoms with Gasteiger partial charge in [0.1, 0.15) is 5.82 Å². The largest absolute Gasteiger partial charge is 0.398 e. The fourth-order valence-electron chi connectivity index (χ4n) is 1.30. The van der Waals surface area contributed by atoms with Crippen LogP contribution in [0.3, 0.4) is 0 Å². The van der Waals surface area contributed by atoms with E-state index < -0.39 is 0 Å². The average Bonchev–Trinajstić information content (AvgIpc) is 2.60. The van der Waals surface area contributed by atoms with Gasteiger partial charge in [0, 0.05) is 23.9 Å². The van der Waals surface area contributed by atoms with Gasteiger partial charge in [0.15, 0.2) is 5.82 Å². The molecule has 6 heteroatoms. The van der Waals surface area contributed by atoms with Crippen LogP contribution >= 0.6 is 0 Å². The van der Waals surface area contributed by atoms with Gasteiger partial charge in [-0.1, -0.05) is 0 Å². The van der Waals surface area contributed by atoms with Gasteiger partial charge >= 0.3 is 0 Å². The molecule has 2 rings (SSSR count). The molecular formula is C9H10FN5. The molecule has 15 heavy (non-hydrogen) atoms. The lowest BCUT2D eigenvalue weighted by molar-refractivity contribution is 0.619.